The second-order valence-corrected chi connectivity index (χ2v) is 6.33. The third-order valence-corrected chi connectivity index (χ3v) is 4.56. The average molecular weight is 344 g/mol. The molecule has 0 aliphatic carbocycles. The van der Waals surface area contributed by atoms with E-state index in [9.17, 15) is 23.1 Å². The van der Waals surface area contributed by atoms with Crippen LogP contribution in [0.5, 0.6) is 0 Å². The van der Waals surface area contributed by atoms with Gasteiger partial charge in [0, 0.05) is 19.6 Å². The largest absolute Gasteiger partial charge is 0.417 e. The Balaban J connectivity index is 1.71. The van der Waals surface area contributed by atoms with Crippen LogP contribution in [0.3, 0.4) is 0 Å². The average Bonchev–Trinajstić information content (AvgIpc) is 2.50. The predicted octanol–water partition coefficient (Wildman–Crippen LogP) is 2.04. The van der Waals surface area contributed by atoms with Gasteiger partial charge >= 0.3 is 6.18 Å². The lowest BCUT2D eigenvalue weighted by atomic mass is 9.91. The van der Waals surface area contributed by atoms with Crippen LogP contribution in [0.2, 0.25) is 0 Å². The quantitative estimate of drug-likeness (QED) is 0.860. The first-order valence-electron chi connectivity index (χ1n) is 8.04. The lowest BCUT2D eigenvalue weighted by Crippen LogP contribution is -2.54. The highest BCUT2D eigenvalue weighted by Crippen LogP contribution is 2.38. The van der Waals surface area contributed by atoms with E-state index >= 15 is 0 Å². The molecule has 1 fully saturated rings. The fourth-order valence-corrected chi connectivity index (χ4v) is 2.85. The molecule has 1 saturated heterocycles. The van der Waals surface area contributed by atoms with Gasteiger partial charge in [-0.1, -0.05) is 24.3 Å². The number of hydrogen-bond donors (Lipinski definition) is 2. The van der Waals surface area contributed by atoms with E-state index in [1.807, 2.05) is 31.2 Å². The summed E-state index contributed by atoms with van der Waals surface area (Å²) >= 11 is 0. The molecule has 1 heterocycles. The van der Waals surface area contributed by atoms with Gasteiger partial charge < -0.3 is 10.4 Å². The van der Waals surface area contributed by atoms with Gasteiger partial charge in [0.15, 0.2) is 5.60 Å². The summed E-state index contributed by atoms with van der Waals surface area (Å²) in [6, 6.07) is 7.91. The number of carbonyl (C=O) groups is 1. The van der Waals surface area contributed by atoms with Crippen molar-refractivity contribution in [2.75, 3.05) is 26.2 Å². The first-order chi connectivity index (χ1) is 11.2. The zero-order valence-electron chi connectivity index (χ0n) is 13.7. The molecule has 1 aliphatic heterocycles. The van der Waals surface area contributed by atoms with Crippen LogP contribution in [0.4, 0.5) is 13.2 Å². The molecular weight excluding hydrogens is 321 g/mol. The Labute approximate surface area is 139 Å². The van der Waals surface area contributed by atoms with Crippen LogP contribution in [-0.2, 0) is 11.2 Å². The lowest BCUT2D eigenvalue weighted by molar-refractivity contribution is -0.272. The van der Waals surface area contributed by atoms with Crippen LogP contribution < -0.4 is 5.32 Å². The second-order valence-electron chi connectivity index (χ2n) is 6.33. The van der Waals surface area contributed by atoms with Gasteiger partial charge in [-0.05, 0) is 37.3 Å². The monoisotopic (exact) mass is 344 g/mol. The number of aliphatic hydroxyl groups is 1. The number of aryl methyl sites for hydroxylation is 1. The predicted molar refractivity (Wildman–Crippen MR) is 84.6 cm³/mol. The number of nitrogens with one attached hydrogen (secondary N) is 1. The Morgan fingerprint density at radius 3 is 2.50 bits per heavy atom. The van der Waals surface area contributed by atoms with Crippen LogP contribution in [-0.4, -0.2) is 53.9 Å². The van der Waals surface area contributed by atoms with Crippen molar-refractivity contribution in [3.63, 3.8) is 0 Å². The summed E-state index contributed by atoms with van der Waals surface area (Å²) in [5, 5.41) is 12.4. The minimum absolute atomic E-state index is 0.0568. The van der Waals surface area contributed by atoms with E-state index in [0.29, 0.717) is 13.0 Å². The van der Waals surface area contributed by atoms with E-state index in [0.717, 1.165) is 11.1 Å². The third kappa shape index (κ3) is 4.70. The van der Waals surface area contributed by atoms with Crippen molar-refractivity contribution in [3.8, 4) is 0 Å². The Hall–Kier alpha value is -1.60. The first kappa shape index (κ1) is 18.7. The van der Waals surface area contributed by atoms with Gasteiger partial charge in [0.25, 0.3) is 0 Å². The molecule has 0 atom stereocenters. The lowest BCUT2D eigenvalue weighted by Gasteiger charge is -2.38. The maximum Gasteiger partial charge on any atom is 0.417 e. The van der Waals surface area contributed by atoms with Gasteiger partial charge in [-0.3, -0.25) is 9.69 Å². The Kier molecular flexibility index (Phi) is 5.87. The molecular formula is C17H23F3N2O2. The standard InChI is InChI=1S/C17H23F3N2O2/c1-13-4-2-3-5-14(13)6-9-21-15(23)12-22-10-7-16(24,8-11-22)17(18,19)20/h2-5,24H,6-12H2,1H3,(H,21,23). The smallest absolute Gasteiger partial charge is 0.380 e. The summed E-state index contributed by atoms with van der Waals surface area (Å²) in [6.07, 6.45) is -4.69. The molecule has 0 saturated carbocycles. The van der Waals surface area contributed by atoms with Gasteiger partial charge in [-0.2, -0.15) is 13.2 Å². The molecule has 2 N–H and O–H groups in total. The van der Waals surface area contributed by atoms with E-state index in [2.05, 4.69) is 5.32 Å². The highest BCUT2D eigenvalue weighted by Gasteiger charge is 2.54. The number of hydrogen-bond acceptors (Lipinski definition) is 3. The van der Waals surface area contributed by atoms with Crippen LogP contribution in [0.15, 0.2) is 24.3 Å². The normalized spacial score (nSPS) is 18.4. The Morgan fingerprint density at radius 1 is 1.29 bits per heavy atom. The topological polar surface area (TPSA) is 52.6 Å². The van der Waals surface area contributed by atoms with Gasteiger partial charge in [0.05, 0.1) is 6.54 Å². The molecule has 4 nitrogen and oxygen atoms in total. The maximum absolute atomic E-state index is 12.7. The molecule has 7 heteroatoms. The van der Waals surface area contributed by atoms with Crippen molar-refractivity contribution >= 4 is 5.91 Å². The SMILES string of the molecule is Cc1ccccc1CCNC(=O)CN1CCC(O)(C(F)(F)F)CC1. The van der Waals surface area contributed by atoms with Gasteiger partial charge in [-0.15, -0.1) is 0 Å². The molecule has 0 spiro atoms. The Morgan fingerprint density at radius 2 is 1.92 bits per heavy atom. The molecule has 1 aliphatic rings. The minimum atomic E-state index is -4.62. The molecule has 2 rings (SSSR count). The molecule has 1 aromatic carbocycles. The molecule has 0 radical (unpaired) electrons. The van der Waals surface area contributed by atoms with E-state index in [1.54, 1.807) is 4.90 Å². The fourth-order valence-electron chi connectivity index (χ4n) is 2.85. The van der Waals surface area contributed by atoms with E-state index in [1.165, 1.54) is 0 Å². The van der Waals surface area contributed by atoms with Crippen molar-refractivity contribution in [2.45, 2.75) is 38.0 Å². The number of amides is 1. The van der Waals surface area contributed by atoms with Gasteiger partial charge in [0.2, 0.25) is 5.91 Å². The van der Waals surface area contributed by atoms with Crippen molar-refractivity contribution in [1.29, 1.82) is 0 Å². The number of halogens is 3. The summed E-state index contributed by atoms with van der Waals surface area (Å²) in [4.78, 5) is 13.5. The zero-order valence-corrected chi connectivity index (χ0v) is 13.7. The molecule has 134 valence electrons. The fraction of sp³-hybridized carbons (Fsp3) is 0.588. The molecule has 1 aromatic rings. The number of piperidine rings is 1. The van der Waals surface area contributed by atoms with Gasteiger partial charge in [0.1, 0.15) is 0 Å². The number of rotatable bonds is 5. The number of benzene rings is 1. The van der Waals surface area contributed by atoms with Crippen molar-refractivity contribution < 1.29 is 23.1 Å². The van der Waals surface area contributed by atoms with Crippen molar-refractivity contribution in [2.24, 2.45) is 0 Å². The van der Waals surface area contributed by atoms with E-state index < -0.39 is 24.6 Å². The first-order valence-corrected chi connectivity index (χ1v) is 8.04. The second kappa shape index (κ2) is 7.53. The number of nitrogens with zero attached hydrogens (tertiary/aromatic N) is 1. The third-order valence-electron chi connectivity index (χ3n) is 4.56. The number of alkyl halides is 3. The highest BCUT2D eigenvalue weighted by atomic mass is 19.4. The van der Waals surface area contributed by atoms with Crippen LogP contribution >= 0.6 is 0 Å². The summed E-state index contributed by atoms with van der Waals surface area (Å²) in [7, 11) is 0. The van der Waals surface area contributed by atoms with Crippen LogP contribution in [0, 0.1) is 6.92 Å². The van der Waals surface area contributed by atoms with Gasteiger partial charge in [-0.25, -0.2) is 0 Å². The summed E-state index contributed by atoms with van der Waals surface area (Å²) in [5.74, 6) is -0.207. The minimum Gasteiger partial charge on any atom is -0.380 e. The highest BCUT2D eigenvalue weighted by molar-refractivity contribution is 5.78. The Bertz CT molecular complexity index is 567. The van der Waals surface area contributed by atoms with Crippen LogP contribution in [0.1, 0.15) is 24.0 Å². The van der Waals surface area contributed by atoms with E-state index in [-0.39, 0.29) is 25.5 Å². The summed E-state index contributed by atoms with van der Waals surface area (Å²) < 4.78 is 38.2. The van der Waals surface area contributed by atoms with Crippen LogP contribution in [0.25, 0.3) is 0 Å². The van der Waals surface area contributed by atoms with E-state index in [4.69, 9.17) is 0 Å². The molecule has 0 unspecified atom stereocenters. The maximum atomic E-state index is 12.7. The van der Waals surface area contributed by atoms with Crippen molar-refractivity contribution in [1.82, 2.24) is 10.2 Å². The molecule has 1 amide bonds. The summed E-state index contributed by atoms with van der Waals surface area (Å²) in [5.41, 5.74) is -0.301. The molecule has 0 bridgehead atoms. The van der Waals surface area contributed by atoms with Crippen molar-refractivity contribution in [3.05, 3.63) is 35.4 Å². The summed E-state index contributed by atoms with van der Waals surface area (Å²) in [6.45, 7) is 2.67. The zero-order chi connectivity index (χ0) is 17.8. The number of likely N-dealkylation sites (tertiary alicyclic amines) is 1. The molecule has 0 aromatic heterocycles. The number of carbonyl (C=O) groups excluding carboxylic acids is 1. The molecule has 24 heavy (non-hydrogen) atoms.